The minimum atomic E-state index is 0.0625. The Morgan fingerprint density at radius 3 is 2.73 bits per heavy atom. The second-order valence-corrected chi connectivity index (χ2v) is 8.48. The molecule has 1 amide bonds. The highest BCUT2D eigenvalue weighted by atomic mass is 16.5. The Morgan fingerprint density at radius 1 is 1.00 bits per heavy atom. The number of ether oxygens (including phenoxy) is 1. The molecule has 2 aromatic carbocycles. The summed E-state index contributed by atoms with van der Waals surface area (Å²) in [5.74, 6) is 1.79. The molecule has 0 saturated carbocycles. The molecule has 1 aliphatic heterocycles. The number of aryl methyl sites for hydroxylation is 1. The lowest BCUT2D eigenvalue weighted by molar-refractivity contribution is 0.0770. The quantitative estimate of drug-likeness (QED) is 0.490. The van der Waals surface area contributed by atoms with E-state index in [1.54, 1.807) is 7.11 Å². The van der Waals surface area contributed by atoms with E-state index < -0.39 is 0 Å². The topological polar surface area (TPSA) is 61.5 Å². The maximum atomic E-state index is 14.0. The summed E-state index contributed by atoms with van der Waals surface area (Å²) in [7, 11) is 1.66. The van der Waals surface area contributed by atoms with E-state index in [0.717, 1.165) is 70.9 Å². The first-order chi connectivity index (χ1) is 16.1. The van der Waals surface area contributed by atoms with Gasteiger partial charge in [-0.05, 0) is 49.7 Å². The molecular weight excluding hydrogens is 412 g/mol. The van der Waals surface area contributed by atoms with Crippen molar-refractivity contribution < 1.29 is 9.53 Å². The van der Waals surface area contributed by atoms with Crippen molar-refractivity contribution in [1.82, 2.24) is 14.9 Å². The van der Waals surface area contributed by atoms with E-state index in [1.807, 2.05) is 53.6 Å². The highest BCUT2D eigenvalue weighted by Gasteiger charge is 2.26. The highest BCUT2D eigenvalue weighted by Crippen LogP contribution is 2.34. The maximum Gasteiger partial charge on any atom is 0.256 e. The van der Waals surface area contributed by atoms with Gasteiger partial charge in [-0.15, -0.1) is 0 Å². The van der Waals surface area contributed by atoms with Gasteiger partial charge in [0.25, 0.3) is 5.91 Å². The molecule has 0 spiro atoms. The number of pyridine rings is 1. The first-order valence-corrected chi connectivity index (χ1v) is 11.4. The van der Waals surface area contributed by atoms with Crippen LogP contribution in [0.1, 0.15) is 22.3 Å². The third kappa shape index (κ3) is 4.16. The van der Waals surface area contributed by atoms with E-state index in [9.17, 15) is 4.79 Å². The summed E-state index contributed by atoms with van der Waals surface area (Å²) in [5, 5.41) is 0.962. The number of nitrogens with one attached hydrogen (secondary N) is 1. The van der Waals surface area contributed by atoms with Crippen molar-refractivity contribution >= 4 is 22.6 Å². The Balaban J connectivity index is 1.51. The molecule has 1 fully saturated rings. The number of anilines is 1. The number of H-pyrrole nitrogens is 1. The molecule has 0 atom stereocenters. The Labute approximate surface area is 193 Å². The van der Waals surface area contributed by atoms with E-state index in [0.29, 0.717) is 6.54 Å². The lowest BCUT2D eigenvalue weighted by Crippen LogP contribution is -2.35. The summed E-state index contributed by atoms with van der Waals surface area (Å²) in [6, 6.07) is 20.0. The van der Waals surface area contributed by atoms with Crippen LogP contribution in [0.4, 0.5) is 5.82 Å². The van der Waals surface area contributed by atoms with Gasteiger partial charge >= 0.3 is 0 Å². The molecule has 0 bridgehead atoms. The van der Waals surface area contributed by atoms with Crippen molar-refractivity contribution in [1.29, 1.82) is 0 Å². The van der Waals surface area contributed by atoms with Gasteiger partial charge in [-0.1, -0.05) is 29.8 Å². The van der Waals surface area contributed by atoms with Gasteiger partial charge in [0.05, 0.1) is 18.4 Å². The number of carbonyl (C=O) groups excluding carboxylic acids is 1. The van der Waals surface area contributed by atoms with Crippen molar-refractivity contribution in [2.75, 3.05) is 38.2 Å². The number of aromatic amines is 1. The molecule has 1 saturated heterocycles. The molecule has 2 aromatic heterocycles. The largest absolute Gasteiger partial charge is 0.497 e. The van der Waals surface area contributed by atoms with Crippen molar-refractivity contribution in [2.45, 2.75) is 13.3 Å². The van der Waals surface area contributed by atoms with Gasteiger partial charge in [0.2, 0.25) is 0 Å². The molecule has 33 heavy (non-hydrogen) atoms. The van der Waals surface area contributed by atoms with Crippen LogP contribution in [0.25, 0.3) is 22.2 Å². The molecule has 6 heteroatoms. The fourth-order valence-electron chi connectivity index (χ4n) is 4.57. The number of nitrogens with zero attached hydrogens (tertiary/aromatic N) is 3. The Bertz CT molecular complexity index is 1280. The molecule has 5 rings (SSSR count). The summed E-state index contributed by atoms with van der Waals surface area (Å²) in [6.07, 6.45) is 2.72. The van der Waals surface area contributed by atoms with Crippen LogP contribution in [-0.4, -0.2) is 54.1 Å². The van der Waals surface area contributed by atoms with Crippen LogP contribution in [0.5, 0.6) is 5.75 Å². The molecule has 4 aromatic rings. The summed E-state index contributed by atoms with van der Waals surface area (Å²) in [6.45, 7) is 5.08. The number of benzene rings is 2. The van der Waals surface area contributed by atoms with Crippen molar-refractivity contribution in [3.8, 4) is 17.0 Å². The minimum Gasteiger partial charge on any atom is -0.497 e. The zero-order chi connectivity index (χ0) is 22.8. The maximum absolute atomic E-state index is 14.0. The zero-order valence-electron chi connectivity index (χ0n) is 19.0. The summed E-state index contributed by atoms with van der Waals surface area (Å²) in [4.78, 5) is 26.2. The summed E-state index contributed by atoms with van der Waals surface area (Å²) < 4.78 is 5.44. The van der Waals surface area contributed by atoms with Crippen LogP contribution in [0.15, 0.2) is 66.9 Å². The first-order valence-electron chi connectivity index (χ1n) is 11.4. The van der Waals surface area contributed by atoms with E-state index in [4.69, 9.17) is 4.74 Å². The summed E-state index contributed by atoms with van der Waals surface area (Å²) >= 11 is 0. The second-order valence-electron chi connectivity index (χ2n) is 8.48. The van der Waals surface area contributed by atoms with Crippen molar-refractivity contribution in [3.05, 3.63) is 78.0 Å². The van der Waals surface area contributed by atoms with Crippen LogP contribution >= 0.6 is 0 Å². The van der Waals surface area contributed by atoms with Crippen LogP contribution < -0.4 is 9.64 Å². The van der Waals surface area contributed by atoms with E-state index in [1.165, 1.54) is 0 Å². The van der Waals surface area contributed by atoms with Gasteiger partial charge in [-0.2, -0.15) is 0 Å². The molecule has 6 nitrogen and oxygen atoms in total. The zero-order valence-corrected chi connectivity index (χ0v) is 19.0. The average Bonchev–Trinajstić information content (AvgIpc) is 3.05. The second kappa shape index (κ2) is 8.98. The smallest absolute Gasteiger partial charge is 0.256 e. The Hall–Kier alpha value is -3.80. The number of rotatable bonds is 4. The number of methoxy groups -OCH3 is 1. The average molecular weight is 441 g/mol. The molecule has 168 valence electrons. The van der Waals surface area contributed by atoms with Gasteiger partial charge in [-0.25, -0.2) is 4.98 Å². The van der Waals surface area contributed by atoms with Crippen molar-refractivity contribution in [3.63, 3.8) is 0 Å². The standard InChI is InChI=1S/C27H28N4O2/c1-19-10-11-23-22(17-19)25(26(29-23)20-7-5-8-21(18-20)33-2)27(32)31-14-6-13-30(15-16-31)24-9-3-4-12-28-24/h3-5,7-12,17-18,29H,6,13-16H2,1-2H3. The molecular formula is C27H28N4O2. The highest BCUT2D eigenvalue weighted by molar-refractivity contribution is 6.12. The fourth-order valence-corrected chi connectivity index (χ4v) is 4.57. The lowest BCUT2D eigenvalue weighted by Gasteiger charge is -2.23. The summed E-state index contributed by atoms with van der Waals surface area (Å²) in [5.41, 5.74) is 4.60. The third-order valence-corrected chi connectivity index (χ3v) is 6.28. The number of hydrogen-bond acceptors (Lipinski definition) is 4. The number of carbonyl (C=O) groups is 1. The molecule has 1 aliphatic rings. The van der Waals surface area contributed by atoms with Gasteiger partial charge in [-0.3, -0.25) is 4.79 Å². The van der Waals surface area contributed by atoms with E-state index in [-0.39, 0.29) is 5.91 Å². The molecule has 3 heterocycles. The fraction of sp³-hybridized carbons (Fsp3) is 0.259. The molecule has 0 aliphatic carbocycles. The number of amides is 1. The van der Waals surface area contributed by atoms with E-state index >= 15 is 0 Å². The number of fused-ring (bicyclic) bond motifs is 1. The Kier molecular flexibility index (Phi) is 5.73. The Morgan fingerprint density at radius 2 is 1.91 bits per heavy atom. The molecule has 1 N–H and O–H groups in total. The minimum absolute atomic E-state index is 0.0625. The predicted molar refractivity (Wildman–Crippen MR) is 132 cm³/mol. The van der Waals surface area contributed by atoms with E-state index in [2.05, 4.69) is 40.0 Å². The van der Waals surface area contributed by atoms with Gasteiger partial charge in [0.15, 0.2) is 0 Å². The van der Waals surface area contributed by atoms with Crippen LogP contribution in [0, 0.1) is 6.92 Å². The predicted octanol–water partition coefficient (Wildman–Crippen LogP) is 4.90. The normalized spacial score (nSPS) is 14.4. The number of hydrogen-bond donors (Lipinski definition) is 1. The number of aromatic nitrogens is 2. The molecule has 0 unspecified atom stereocenters. The van der Waals surface area contributed by atoms with Gasteiger partial charge < -0.3 is 19.5 Å². The lowest BCUT2D eigenvalue weighted by atomic mass is 10.0. The SMILES string of the molecule is COc1cccc(-c2[nH]c3ccc(C)cc3c2C(=O)N2CCCN(c3ccccn3)CC2)c1. The van der Waals surface area contributed by atoms with Gasteiger partial charge in [0, 0.05) is 48.8 Å². The van der Waals surface area contributed by atoms with Crippen LogP contribution in [0.3, 0.4) is 0 Å². The monoisotopic (exact) mass is 440 g/mol. The van der Waals surface area contributed by atoms with Gasteiger partial charge in [0.1, 0.15) is 11.6 Å². The van der Waals surface area contributed by atoms with Crippen LogP contribution in [0.2, 0.25) is 0 Å². The first kappa shape index (κ1) is 21.1. The molecule has 0 radical (unpaired) electrons. The van der Waals surface area contributed by atoms with Crippen LogP contribution in [-0.2, 0) is 0 Å². The van der Waals surface area contributed by atoms with Crippen molar-refractivity contribution in [2.24, 2.45) is 0 Å². The third-order valence-electron chi connectivity index (χ3n) is 6.28.